The van der Waals surface area contributed by atoms with Gasteiger partial charge in [-0.15, -0.1) is 6.58 Å². The van der Waals surface area contributed by atoms with E-state index in [0.717, 1.165) is 10.2 Å². The van der Waals surface area contributed by atoms with E-state index in [1.807, 2.05) is 0 Å². The Morgan fingerprint density at radius 1 is 1.23 bits per heavy atom. The first kappa shape index (κ1) is 20.5. The predicted octanol–water partition coefficient (Wildman–Crippen LogP) is 3.91. The van der Waals surface area contributed by atoms with E-state index in [1.165, 1.54) is 17.4 Å². The topological polar surface area (TPSA) is 90.9 Å². The van der Waals surface area contributed by atoms with E-state index in [-0.39, 0.29) is 12.2 Å². The van der Waals surface area contributed by atoms with Crippen molar-refractivity contribution in [3.8, 4) is 0 Å². The maximum Gasteiger partial charge on any atom is 0.349 e. The third kappa shape index (κ3) is 3.97. The van der Waals surface area contributed by atoms with Crippen LogP contribution in [-0.4, -0.2) is 23.1 Å². The number of aromatic nitrogens is 1. The zero-order valence-corrected chi connectivity index (χ0v) is 17.5. The summed E-state index contributed by atoms with van der Waals surface area (Å²) in [4.78, 5) is 41.8. The summed E-state index contributed by atoms with van der Waals surface area (Å²) in [6.07, 6.45) is 1.68. The van der Waals surface area contributed by atoms with Crippen molar-refractivity contribution in [1.82, 2.24) is 4.57 Å². The summed E-state index contributed by atoms with van der Waals surface area (Å²) in [6.45, 7) is 6.18. The highest BCUT2D eigenvalue weighted by Gasteiger charge is 2.15. The summed E-state index contributed by atoms with van der Waals surface area (Å²) < 4.78 is 12.8. The number of rotatable bonds is 5. The molecule has 4 aromatic rings. The first-order valence-corrected chi connectivity index (χ1v) is 10.4. The Morgan fingerprint density at radius 3 is 2.81 bits per heavy atom. The Balaban J connectivity index is 1.84. The van der Waals surface area contributed by atoms with Crippen molar-refractivity contribution < 1.29 is 18.7 Å². The van der Waals surface area contributed by atoms with Gasteiger partial charge < -0.3 is 13.7 Å². The van der Waals surface area contributed by atoms with E-state index in [0.29, 0.717) is 27.9 Å². The van der Waals surface area contributed by atoms with Gasteiger partial charge in [-0.25, -0.2) is 9.59 Å². The fraction of sp³-hybridized carbons (Fsp3) is 0.130. The molecule has 0 saturated carbocycles. The minimum Gasteiger partial charge on any atom is -0.462 e. The lowest BCUT2D eigenvalue weighted by Crippen LogP contribution is -2.19. The van der Waals surface area contributed by atoms with Crippen molar-refractivity contribution >= 4 is 44.4 Å². The van der Waals surface area contributed by atoms with Crippen molar-refractivity contribution in [2.45, 2.75) is 13.5 Å². The first-order valence-electron chi connectivity index (χ1n) is 9.55. The number of fused-ring (bicyclic) bond motifs is 2. The molecule has 156 valence electrons. The molecule has 8 heteroatoms. The van der Waals surface area contributed by atoms with Gasteiger partial charge in [0.15, 0.2) is 4.80 Å². The molecule has 0 aliphatic carbocycles. The van der Waals surface area contributed by atoms with E-state index in [1.54, 1.807) is 60.0 Å². The Kier molecular flexibility index (Phi) is 5.64. The van der Waals surface area contributed by atoms with Gasteiger partial charge in [-0.05, 0) is 37.3 Å². The lowest BCUT2D eigenvalue weighted by atomic mass is 10.2. The molecule has 0 aliphatic heterocycles. The second-order valence-corrected chi connectivity index (χ2v) is 7.60. The fourth-order valence-electron chi connectivity index (χ4n) is 3.16. The highest BCUT2D eigenvalue weighted by atomic mass is 32.1. The zero-order chi connectivity index (χ0) is 22.0. The zero-order valence-electron chi connectivity index (χ0n) is 16.7. The molecule has 2 aromatic heterocycles. The molecule has 31 heavy (non-hydrogen) atoms. The molecule has 2 aromatic carbocycles. The van der Waals surface area contributed by atoms with Gasteiger partial charge >= 0.3 is 11.6 Å². The Morgan fingerprint density at radius 2 is 2.03 bits per heavy atom. The van der Waals surface area contributed by atoms with Gasteiger partial charge in [0.05, 0.1) is 22.4 Å². The molecule has 0 spiro atoms. The lowest BCUT2D eigenvalue weighted by molar-refractivity contribution is 0.0526. The number of hydrogen-bond donors (Lipinski definition) is 0. The maximum atomic E-state index is 12.8. The highest BCUT2D eigenvalue weighted by molar-refractivity contribution is 7.16. The third-order valence-electron chi connectivity index (χ3n) is 4.57. The number of amides is 1. The smallest absolute Gasteiger partial charge is 0.349 e. The van der Waals surface area contributed by atoms with Crippen LogP contribution in [0.1, 0.15) is 27.6 Å². The molecule has 0 fully saturated rings. The summed E-state index contributed by atoms with van der Waals surface area (Å²) >= 11 is 1.23. The van der Waals surface area contributed by atoms with Crippen LogP contribution in [0, 0.1) is 0 Å². The second-order valence-electron chi connectivity index (χ2n) is 6.59. The van der Waals surface area contributed by atoms with Gasteiger partial charge in [0.25, 0.3) is 5.91 Å². The van der Waals surface area contributed by atoms with Crippen molar-refractivity contribution in [3.05, 3.63) is 87.5 Å². The largest absolute Gasteiger partial charge is 0.462 e. The summed E-state index contributed by atoms with van der Waals surface area (Å²) in [6, 6.07) is 13.6. The Labute approximate surface area is 180 Å². The van der Waals surface area contributed by atoms with Gasteiger partial charge in [-0.1, -0.05) is 35.6 Å². The standard InChI is InChI=1S/C23H18N2O5S/c1-3-11-25-17-10-9-15(21(27)29-4-2)13-19(17)31-23(25)24-20(26)16-12-14-7-5-6-8-18(14)30-22(16)28/h3,5-10,12-13H,1,4,11H2,2H3. The third-order valence-corrected chi connectivity index (χ3v) is 5.62. The number of carbonyl (C=O) groups excluding carboxylic acids is 2. The van der Waals surface area contributed by atoms with Crippen LogP contribution in [0.25, 0.3) is 21.2 Å². The molecule has 2 heterocycles. The molecule has 1 amide bonds. The monoisotopic (exact) mass is 434 g/mol. The van der Waals surface area contributed by atoms with Gasteiger partial charge in [-0.2, -0.15) is 4.99 Å². The number of hydrogen-bond acceptors (Lipinski definition) is 6. The van der Waals surface area contributed by atoms with Crippen molar-refractivity contribution in [2.75, 3.05) is 6.61 Å². The molecule has 7 nitrogen and oxygen atoms in total. The molecule has 0 saturated heterocycles. The molecule has 4 rings (SSSR count). The molecule has 0 N–H and O–H groups in total. The van der Waals surface area contributed by atoms with Gasteiger partial charge in [0, 0.05) is 11.9 Å². The number of benzene rings is 2. The fourth-order valence-corrected chi connectivity index (χ4v) is 4.24. The maximum absolute atomic E-state index is 12.8. The van der Waals surface area contributed by atoms with Crippen LogP contribution in [0.2, 0.25) is 0 Å². The second kappa shape index (κ2) is 8.53. The summed E-state index contributed by atoms with van der Waals surface area (Å²) in [5.74, 6) is -1.12. The molecular weight excluding hydrogens is 416 g/mol. The molecule has 0 unspecified atom stereocenters. The molecule has 0 aliphatic rings. The van der Waals surface area contributed by atoms with Gasteiger partial charge in [-0.3, -0.25) is 4.79 Å². The predicted molar refractivity (Wildman–Crippen MR) is 118 cm³/mol. The van der Waals surface area contributed by atoms with E-state index in [2.05, 4.69) is 11.6 Å². The minimum atomic E-state index is -0.742. The van der Waals surface area contributed by atoms with Crippen LogP contribution in [-0.2, 0) is 11.3 Å². The molecule has 0 atom stereocenters. The van der Waals surface area contributed by atoms with Gasteiger partial charge in [0.2, 0.25) is 0 Å². The van der Waals surface area contributed by atoms with Crippen molar-refractivity contribution in [1.29, 1.82) is 0 Å². The number of ether oxygens (including phenoxy) is 1. The number of carbonyl (C=O) groups is 2. The van der Waals surface area contributed by atoms with Crippen molar-refractivity contribution in [3.63, 3.8) is 0 Å². The SMILES string of the molecule is C=CCn1c(=NC(=O)c2cc3ccccc3oc2=O)sc2cc(C(=O)OCC)ccc21. The van der Waals surface area contributed by atoms with E-state index < -0.39 is 17.5 Å². The average Bonchev–Trinajstić information content (AvgIpc) is 3.09. The number of thiazole rings is 1. The molecular formula is C23H18N2O5S. The van der Waals surface area contributed by atoms with E-state index >= 15 is 0 Å². The number of para-hydroxylation sites is 1. The summed E-state index contributed by atoms with van der Waals surface area (Å²) in [5, 5.41) is 0.634. The van der Waals surface area contributed by atoms with Crippen LogP contribution in [0.3, 0.4) is 0 Å². The lowest BCUT2D eigenvalue weighted by Gasteiger charge is -2.03. The quantitative estimate of drug-likeness (QED) is 0.270. The van der Waals surface area contributed by atoms with E-state index in [9.17, 15) is 14.4 Å². The number of allylic oxidation sites excluding steroid dienone is 1. The Bertz CT molecular complexity index is 1460. The van der Waals surface area contributed by atoms with Crippen LogP contribution >= 0.6 is 11.3 Å². The first-order chi connectivity index (χ1) is 15.0. The van der Waals surface area contributed by atoms with Gasteiger partial charge in [0.1, 0.15) is 11.1 Å². The van der Waals surface area contributed by atoms with Crippen LogP contribution in [0.4, 0.5) is 0 Å². The van der Waals surface area contributed by atoms with Crippen LogP contribution < -0.4 is 10.4 Å². The van der Waals surface area contributed by atoms with Crippen molar-refractivity contribution in [2.24, 2.45) is 4.99 Å². The molecule has 0 radical (unpaired) electrons. The number of nitrogens with zero attached hydrogens (tertiary/aromatic N) is 2. The Hall–Kier alpha value is -3.78. The number of esters is 1. The summed E-state index contributed by atoms with van der Waals surface area (Å²) in [5.41, 5.74) is 0.713. The van der Waals surface area contributed by atoms with E-state index in [4.69, 9.17) is 9.15 Å². The van der Waals surface area contributed by atoms with Crippen LogP contribution in [0.5, 0.6) is 0 Å². The minimum absolute atomic E-state index is 0.145. The molecule has 0 bridgehead atoms. The normalized spacial score (nSPS) is 11.7. The summed E-state index contributed by atoms with van der Waals surface area (Å²) in [7, 11) is 0. The average molecular weight is 434 g/mol. The van der Waals surface area contributed by atoms with Crippen LogP contribution in [0.15, 0.2) is 75.4 Å². The highest BCUT2D eigenvalue weighted by Crippen LogP contribution is 2.20.